The van der Waals surface area contributed by atoms with Crippen LogP contribution in [0.2, 0.25) is 0 Å². The Labute approximate surface area is 126 Å². The van der Waals surface area contributed by atoms with E-state index in [1.165, 1.54) is 37.1 Å². The molecule has 1 unspecified atom stereocenters. The average molecular weight is 310 g/mol. The van der Waals surface area contributed by atoms with E-state index in [0.717, 1.165) is 10.5 Å². The number of hydrogen-bond donors (Lipinski definition) is 2. The summed E-state index contributed by atoms with van der Waals surface area (Å²) in [5.74, 6) is 5.62. The molecule has 6 heteroatoms. The fourth-order valence-electron chi connectivity index (χ4n) is 1.85. The van der Waals surface area contributed by atoms with Crippen molar-refractivity contribution in [2.75, 3.05) is 12.9 Å². The number of hydrazine groups is 1. The maximum absolute atomic E-state index is 13.7. The van der Waals surface area contributed by atoms with Crippen molar-refractivity contribution in [2.45, 2.75) is 10.9 Å². The van der Waals surface area contributed by atoms with Crippen LogP contribution in [0.1, 0.15) is 11.6 Å². The van der Waals surface area contributed by atoms with Gasteiger partial charge < -0.3 is 4.74 Å². The summed E-state index contributed by atoms with van der Waals surface area (Å²) in [6.07, 6.45) is 0. The maximum Gasteiger partial charge on any atom is 0.165 e. The summed E-state index contributed by atoms with van der Waals surface area (Å²) in [6, 6.07) is 10.7. The number of methoxy groups -OCH3 is 1. The summed E-state index contributed by atoms with van der Waals surface area (Å²) in [5, 5.41) is 0. The number of benzene rings is 2. The molecule has 2 aromatic carbocycles. The Balaban J connectivity index is 2.05. The molecule has 2 aromatic rings. The first-order chi connectivity index (χ1) is 10.1. The summed E-state index contributed by atoms with van der Waals surface area (Å²) in [7, 11) is 1.42. The van der Waals surface area contributed by atoms with Crippen molar-refractivity contribution in [3.05, 3.63) is 59.7 Å². The Kier molecular flexibility index (Phi) is 5.55. The van der Waals surface area contributed by atoms with Gasteiger partial charge in [0.05, 0.1) is 13.2 Å². The van der Waals surface area contributed by atoms with Gasteiger partial charge in [0.25, 0.3) is 0 Å². The van der Waals surface area contributed by atoms with E-state index >= 15 is 0 Å². The van der Waals surface area contributed by atoms with Gasteiger partial charge in [-0.25, -0.2) is 8.78 Å². The van der Waals surface area contributed by atoms with E-state index in [9.17, 15) is 8.78 Å². The van der Waals surface area contributed by atoms with Crippen LogP contribution in [0.25, 0.3) is 0 Å². The summed E-state index contributed by atoms with van der Waals surface area (Å²) in [5.41, 5.74) is 3.39. The molecule has 0 radical (unpaired) electrons. The number of nitrogens with two attached hydrogens (primary N) is 1. The highest BCUT2D eigenvalue weighted by Gasteiger charge is 2.13. The molecule has 0 spiro atoms. The topological polar surface area (TPSA) is 47.3 Å². The van der Waals surface area contributed by atoms with Crippen molar-refractivity contribution in [3.63, 3.8) is 0 Å². The highest BCUT2D eigenvalue weighted by atomic mass is 32.2. The maximum atomic E-state index is 13.7. The monoisotopic (exact) mass is 310 g/mol. The second kappa shape index (κ2) is 7.40. The second-order valence-electron chi connectivity index (χ2n) is 4.38. The van der Waals surface area contributed by atoms with Crippen molar-refractivity contribution in [1.82, 2.24) is 5.43 Å². The zero-order valence-electron chi connectivity index (χ0n) is 11.5. The van der Waals surface area contributed by atoms with Gasteiger partial charge in [0.1, 0.15) is 5.82 Å². The molecule has 3 nitrogen and oxygen atoms in total. The van der Waals surface area contributed by atoms with Crippen LogP contribution in [-0.4, -0.2) is 12.9 Å². The first-order valence-corrected chi connectivity index (χ1v) is 7.30. The zero-order valence-corrected chi connectivity index (χ0v) is 12.3. The van der Waals surface area contributed by atoms with Crippen LogP contribution in [-0.2, 0) is 0 Å². The van der Waals surface area contributed by atoms with Gasteiger partial charge in [0, 0.05) is 10.6 Å². The normalized spacial score (nSPS) is 12.2. The van der Waals surface area contributed by atoms with Crippen molar-refractivity contribution in [1.29, 1.82) is 0 Å². The summed E-state index contributed by atoms with van der Waals surface area (Å²) < 4.78 is 31.4. The van der Waals surface area contributed by atoms with Crippen LogP contribution in [0.5, 0.6) is 5.75 Å². The number of thioether (sulfide) groups is 1. The average Bonchev–Trinajstić information content (AvgIpc) is 2.50. The molecule has 0 bridgehead atoms. The molecule has 0 aliphatic carbocycles. The predicted molar refractivity (Wildman–Crippen MR) is 80.1 cm³/mol. The lowest BCUT2D eigenvalue weighted by Crippen LogP contribution is -2.29. The fourth-order valence-corrected chi connectivity index (χ4v) is 2.83. The first-order valence-electron chi connectivity index (χ1n) is 6.32. The molecule has 0 saturated carbocycles. The zero-order chi connectivity index (χ0) is 15.2. The highest BCUT2D eigenvalue weighted by molar-refractivity contribution is 7.99. The molecule has 0 aliphatic heterocycles. The minimum atomic E-state index is -0.429. The van der Waals surface area contributed by atoms with Crippen LogP contribution in [0.3, 0.4) is 0 Å². The number of hydrogen-bond acceptors (Lipinski definition) is 4. The van der Waals surface area contributed by atoms with Gasteiger partial charge in [-0.05, 0) is 42.0 Å². The van der Waals surface area contributed by atoms with Crippen LogP contribution in [0.4, 0.5) is 8.78 Å². The van der Waals surface area contributed by atoms with Crippen LogP contribution < -0.4 is 16.0 Å². The largest absolute Gasteiger partial charge is 0.494 e. The lowest BCUT2D eigenvalue weighted by Gasteiger charge is -2.16. The summed E-state index contributed by atoms with van der Waals surface area (Å²) in [4.78, 5) is 0.922. The van der Waals surface area contributed by atoms with Crippen molar-refractivity contribution >= 4 is 11.8 Å². The molecule has 0 amide bonds. The molecular formula is C15H16F2N2OS. The molecule has 0 aliphatic rings. The van der Waals surface area contributed by atoms with Crippen molar-refractivity contribution < 1.29 is 13.5 Å². The molecule has 0 saturated heterocycles. The minimum Gasteiger partial charge on any atom is -0.494 e. The lowest BCUT2D eigenvalue weighted by atomic mass is 10.1. The van der Waals surface area contributed by atoms with Crippen LogP contribution in [0, 0.1) is 11.6 Å². The SMILES string of the molecule is COc1ccc(C(CSc2ccc(F)cc2)NN)cc1F. The Morgan fingerprint density at radius 2 is 1.90 bits per heavy atom. The number of rotatable bonds is 6. The van der Waals surface area contributed by atoms with Crippen LogP contribution >= 0.6 is 11.8 Å². The third-order valence-electron chi connectivity index (χ3n) is 3.01. The molecule has 3 N–H and O–H groups in total. The van der Waals surface area contributed by atoms with Gasteiger partial charge in [0.2, 0.25) is 0 Å². The number of nitrogens with one attached hydrogen (secondary N) is 1. The van der Waals surface area contributed by atoms with E-state index in [4.69, 9.17) is 10.6 Å². The van der Waals surface area contributed by atoms with E-state index in [2.05, 4.69) is 5.43 Å². The van der Waals surface area contributed by atoms with Crippen molar-refractivity contribution in [2.24, 2.45) is 5.84 Å². The molecule has 1 atom stereocenters. The molecular weight excluding hydrogens is 294 g/mol. The number of ether oxygens (including phenoxy) is 1. The van der Waals surface area contributed by atoms with E-state index in [0.29, 0.717) is 5.75 Å². The minimum absolute atomic E-state index is 0.195. The summed E-state index contributed by atoms with van der Waals surface area (Å²) >= 11 is 1.51. The van der Waals surface area contributed by atoms with Gasteiger partial charge in [-0.2, -0.15) is 0 Å². The van der Waals surface area contributed by atoms with E-state index in [1.807, 2.05) is 0 Å². The third kappa shape index (κ3) is 4.17. The van der Waals surface area contributed by atoms with Gasteiger partial charge in [-0.1, -0.05) is 6.07 Å². The van der Waals surface area contributed by atoms with Gasteiger partial charge >= 0.3 is 0 Å². The van der Waals surface area contributed by atoms with Gasteiger partial charge in [0.15, 0.2) is 11.6 Å². The lowest BCUT2D eigenvalue weighted by molar-refractivity contribution is 0.385. The molecule has 0 aromatic heterocycles. The fraction of sp³-hybridized carbons (Fsp3) is 0.200. The van der Waals surface area contributed by atoms with E-state index in [1.54, 1.807) is 24.3 Å². The Bertz CT molecular complexity index is 593. The van der Waals surface area contributed by atoms with E-state index < -0.39 is 5.82 Å². The first kappa shape index (κ1) is 15.8. The highest BCUT2D eigenvalue weighted by Crippen LogP contribution is 2.27. The summed E-state index contributed by atoms with van der Waals surface area (Å²) in [6.45, 7) is 0. The van der Waals surface area contributed by atoms with Crippen molar-refractivity contribution in [3.8, 4) is 5.75 Å². The molecule has 112 valence electrons. The van der Waals surface area contributed by atoms with Gasteiger partial charge in [-0.3, -0.25) is 11.3 Å². The quantitative estimate of drug-likeness (QED) is 0.488. The molecule has 0 fully saturated rings. The smallest absolute Gasteiger partial charge is 0.165 e. The second-order valence-corrected chi connectivity index (χ2v) is 5.47. The standard InChI is InChI=1S/C15H16F2N2OS/c1-20-15-7-2-10(8-13(15)17)14(19-18)9-21-12-5-3-11(16)4-6-12/h2-8,14,19H,9,18H2,1H3. The molecule has 2 rings (SSSR count). The Morgan fingerprint density at radius 3 is 2.48 bits per heavy atom. The molecule has 0 heterocycles. The molecule has 21 heavy (non-hydrogen) atoms. The number of halogens is 2. The van der Waals surface area contributed by atoms with Crippen LogP contribution in [0.15, 0.2) is 47.4 Å². The van der Waals surface area contributed by atoms with E-state index in [-0.39, 0.29) is 17.6 Å². The van der Waals surface area contributed by atoms with Gasteiger partial charge in [-0.15, -0.1) is 11.8 Å². The Morgan fingerprint density at radius 1 is 1.19 bits per heavy atom. The Hall–Kier alpha value is -1.63. The predicted octanol–water partition coefficient (Wildman–Crippen LogP) is 3.27. The third-order valence-corrected chi connectivity index (χ3v) is 4.12.